The molecule has 1 amide bonds. The summed E-state index contributed by atoms with van der Waals surface area (Å²) in [5.41, 5.74) is 1.79. The van der Waals surface area contributed by atoms with Gasteiger partial charge in [-0.3, -0.25) is 4.79 Å². The Balaban J connectivity index is 1.99. The molecule has 0 aromatic heterocycles. The number of rotatable bonds is 6. The molecule has 1 aromatic rings. The number of hydrogen-bond acceptors (Lipinski definition) is 2. The minimum absolute atomic E-state index is 0.0836. The zero-order valence-corrected chi connectivity index (χ0v) is 11.1. The fourth-order valence-electron chi connectivity index (χ4n) is 2.49. The average Bonchev–Trinajstić information content (AvgIpc) is 2.40. The fraction of sp³-hybridized carbons (Fsp3) is 0.533. The lowest BCUT2D eigenvalue weighted by Gasteiger charge is -2.29. The molecular weight excluding hydrogens is 245 g/mol. The highest BCUT2D eigenvalue weighted by molar-refractivity contribution is 5.96. The Morgan fingerprint density at radius 1 is 1.16 bits per heavy atom. The second-order valence-electron chi connectivity index (χ2n) is 4.96. The van der Waals surface area contributed by atoms with Crippen molar-refractivity contribution in [1.29, 1.82) is 0 Å². The highest BCUT2D eigenvalue weighted by Crippen LogP contribution is 2.28. The van der Waals surface area contributed by atoms with Gasteiger partial charge in [0, 0.05) is 25.3 Å². The Bertz CT molecular complexity index is 448. The topological polar surface area (TPSA) is 40.5 Å². The van der Waals surface area contributed by atoms with E-state index in [4.69, 9.17) is 5.11 Å². The Morgan fingerprint density at radius 2 is 1.95 bits per heavy atom. The highest BCUT2D eigenvalue weighted by atomic mass is 19.1. The van der Waals surface area contributed by atoms with Crippen molar-refractivity contribution in [2.24, 2.45) is 0 Å². The fourth-order valence-corrected chi connectivity index (χ4v) is 2.49. The summed E-state index contributed by atoms with van der Waals surface area (Å²) in [6.07, 6.45) is 4.86. The van der Waals surface area contributed by atoms with E-state index in [0.717, 1.165) is 36.9 Å². The van der Waals surface area contributed by atoms with Crippen molar-refractivity contribution >= 4 is 11.6 Å². The van der Waals surface area contributed by atoms with Gasteiger partial charge in [-0.15, -0.1) is 0 Å². The molecule has 0 spiro atoms. The molecule has 104 valence electrons. The number of anilines is 1. The summed E-state index contributed by atoms with van der Waals surface area (Å²) in [6, 6.07) is 4.68. The highest BCUT2D eigenvalue weighted by Gasteiger charge is 2.23. The molecule has 0 saturated heterocycles. The Kier molecular flexibility index (Phi) is 4.91. The van der Waals surface area contributed by atoms with Gasteiger partial charge in [0.1, 0.15) is 5.82 Å². The number of carbonyl (C=O) groups is 1. The van der Waals surface area contributed by atoms with Crippen LogP contribution in [0.4, 0.5) is 10.1 Å². The molecular formula is C15H20FNO2. The number of amides is 1. The van der Waals surface area contributed by atoms with Gasteiger partial charge in [-0.1, -0.05) is 18.9 Å². The maximum absolute atomic E-state index is 13.3. The zero-order chi connectivity index (χ0) is 13.7. The van der Waals surface area contributed by atoms with Crippen molar-refractivity contribution in [2.75, 3.05) is 18.1 Å². The second-order valence-corrected chi connectivity index (χ2v) is 4.96. The smallest absolute Gasteiger partial charge is 0.227 e. The van der Waals surface area contributed by atoms with E-state index < -0.39 is 0 Å². The van der Waals surface area contributed by atoms with Crippen LogP contribution in [0, 0.1) is 5.82 Å². The van der Waals surface area contributed by atoms with E-state index in [0.29, 0.717) is 19.4 Å². The molecule has 0 bridgehead atoms. The summed E-state index contributed by atoms with van der Waals surface area (Å²) in [4.78, 5) is 13.7. The standard InChI is InChI=1S/C15H20FNO2/c16-13-7-5-12-6-8-15(19)17(14(12)11-13)9-3-1-2-4-10-18/h5,7,11,18H,1-4,6,8-10H2. The van der Waals surface area contributed by atoms with Gasteiger partial charge in [-0.05, 0) is 37.0 Å². The maximum atomic E-state index is 13.3. The molecule has 2 rings (SSSR count). The zero-order valence-electron chi connectivity index (χ0n) is 11.1. The van der Waals surface area contributed by atoms with Crippen LogP contribution in [0.25, 0.3) is 0 Å². The molecule has 0 radical (unpaired) electrons. The van der Waals surface area contributed by atoms with E-state index in [1.807, 2.05) is 0 Å². The summed E-state index contributed by atoms with van der Waals surface area (Å²) < 4.78 is 13.3. The molecule has 1 N–H and O–H groups in total. The van der Waals surface area contributed by atoms with E-state index >= 15 is 0 Å². The van der Waals surface area contributed by atoms with Crippen molar-refractivity contribution in [3.8, 4) is 0 Å². The lowest BCUT2D eigenvalue weighted by Crippen LogP contribution is -2.36. The lowest BCUT2D eigenvalue weighted by molar-refractivity contribution is -0.118. The number of aliphatic hydroxyl groups excluding tert-OH is 1. The number of hydrogen-bond donors (Lipinski definition) is 1. The van der Waals surface area contributed by atoms with Crippen LogP contribution in [-0.2, 0) is 11.2 Å². The molecule has 1 heterocycles. The quantitative estimate of drug-likeness (QED) is 0.803. The number of fused-ring (bicyclic) bond motifs is 1. The predicted octanol–water partition coefficient (Wildman–Crippen LogP) is 2.66. The molecule has 0 atom stereocenters. The van der Waals surface area contributed by atoms with Crippen LogP contribution in [0.15, 0.2) is 18.2 Å². The monoisotopic (exact) mass is 265 g/mol. The number of aliphatic hydroxyl groups is 1. The van der Waals surface area contributed by atoms with Crippen LogP contribution in [0.3, 0.4) is 0 Å². The van der Waals surface area contributed by atoms with Crippen LogP contribution in [0.2, 0.25) is 0 Å². The number of benzene rings is 1. The molecule has 0 fully saturated rings. The van der Waals surface area contributed by atoms with Crippen LogP contribution in [0.5, 0.6) is 0 Å². The minimum Gasteiger partial charge on any atom is -0.396 e. The third kappa shape index (κ3) is 3.53. The number of halogens is 1. The molecule has 19 heavy (non-hydrogen) atoms. The number of aryl methyl sites for hydroxylation is 1. The van der Waals surface area contributed by atoms with Gasteiger partial charge in [0.15, 0.2) is 0 Å². The minimum atomic E-state index is -0.293. The van der Waals surface area contributed by atoms with Crippen molar-refractivity contribution in [3.63, 3.8) is 0 Å². The van der Waals surface area contributed by atoms with E-state index in [1.165, 1.54) is 12.1 Å². The summed E-state index contributed by atoms with van der Waals surface area (Å²) in [5, 5.41) is 8.71. The van der Waals surface area contributed by atoms with Gasteiger partial charge < -0.3 is 10.0 Å². The van der Waals surface area contributed by atoms with Gasteiger partial charge in [0.05, 0.1) is 0 Å². The average molecular weight is 265 g/mol. The first-order chi connectivity index (χ1) is 9.22. The van der Waals surface area contributed by atoms with Crippen LogP contribution >= 0.6 is 0 Å². The summed E-state index contributed by atoms with van der Waals surface area (Å²) in [7, 11) is 0. The molecule has 4 heteroatoms. The van der Waals surface area contributed by atoms with Crippen molar-refractivity contribution in [1.82, 2.24) is 0 Å². The van der Waals surface area contributed by atoms with Crippen molar-refractivity contribution in [2.45, 2.75) is 38.5 Å². The number of carbonyl (C=O) groups excluding carboxylic acids is 1. The van der Waals surface area contributed by atoms with Gasteiger partial charge in [0.2, 0.25) is 5.91 Å². The van der Waals surface area contributed by atoms with E-state index in [2.05, 4.69) is 0 Å². The molecule has 1 aromatic carbocycles. The first kappa shape index (κ1) is 14.0. The molecule has 0 saturated carbocycles. The number of nitrogens with zero attached hydrogens (tertiary/aromatic N) is 1. The summed E-state index contributed by atoms with van der Waals surface area (Å²) in [6.45, 7) is 0.859. The maximum Gasteiger partial charge on any atom is 0.227 e. The molecule has 0 unspecified atom stereocenters. The van der Waals surface area contributed by atoms with Crippen LogP contribution in [0.1, 0.15) is 37.7 Å². The normalized spacial score (nSPS) is 14.6. The summed E-state index contributed by atoms with van der Waals surface area (Å²) >= 11 is 0. The third-order valence-electron chi connectivity index (χ3n) is 3.54. The first-order valence-electron chi connectivity index (χ1n) is 6.92. The van der Waals surface area contributed by atoms with Crippen LogP contribution in [-0.4, -0.2) is 24.2 Å². The largest absolute Gasteiger partial charge is 0.396 e. The molecule has 0 aliphatic carbocycles. The van der Waals surface area contributed by atoms with Gasteiger partial charge in [-0.2, -0.15) is 0 Å². The molecule has 3 nitrogen and oxygen atoms in total. The second kappa shape index (κ2) is 6.66. The van der Waals surface area contributed by atoms with E-state index in [-0.39, 0.29) is 18.3 Å². The first-order valence-corrected chi connectivity index (χ1v) is 6.92. The molecule has 1 aliphatic heterocycles. The Morgan fingerprint density at radius 3 is 2.74 bits per heavy atom. The van der Waals surface area contributed by atoms with Crippen molar-refractivity contribution in [3.05, 3.63) is 29.6 Å². The number of unbranched alkanes of at least 4 members (excludes halogenated alkanes) is 3. The predicted molar refractivity (Wildman–Crippen MR) is 72.6 cm³/mol. The summed E-state index contributed by atoms with van der Waals surface area (Å²) in [5.74, 6) is -0.209. The Labute approximate surface area is 113 Å². The van der Waals surface area contributed by atoms with Gasteiger partial charge in [-0.25, -0.2) is 4.39 Å². The Hall–Kier alpha value is -1.42. The molecule has 1 aliphatic rings. The SMILES string of the molecule is O=C1CCc2ccc(F)cc2N1CCCCCCO. The lowest BCUT2D eigenvalue weighted by atomic mass is 10.0. The van der Waals surface area contributed by atoms with E-state index in [9.17, 15) is 9.18 Å². The van der Waals surface area contributed by atoms with Crippen molar-refractivity contribution < 1.29 is 14.3 Å². The van der Waals surface area contributed by atoms with Crippen LogP contribution < -0.4 is 4.90 Å². The van der Waals surface area contributed by atoms with Gasteiger partial charge >= 0.3 is 0 Å². The van der Waals surface area contributed by atoms with Gasteiger partial charge in [0.25, 0.3) is 0 Å². The van der Waals surface area contributed by atoms with E-state index in [1.54, 1.807) is 11.0 Å². The third-order valence-corrected chi connectivity index (χ3v) is 3.54.